The van der Waals surface area contributed by atoms with Crippen molar-refractivity contribution in [3.63, 3.8) is 0 Å². The molecule has 0 bridgehead atoms. The molecule has 23 heavy (non-hydrogen) atoms. The molecule has 0 aliphatic rings. The minimum Gasteiger partial charge on any atom is -0.508 e. The summed E-state index contributed by atoms with van der Waals surface area (Å²) in [6.07, 6.45) is 0. The summed E-state index contributed by atoms with van der Waals surface area (Å²) in [5, 5.41) is 12.7. The number of benzene rings is 2. The van der Waals surface area contributed by atoms with Gasteiger partial charge in [0.25, 0.3) is 11.8 Å². The number of nitrogens with zero attached hydrogens (tertiary/aromatic N) is 1. The van der Waals surface area contributed by atoms with Gasteiger partial charge in [0.1, 0.15) is 11.4 Å². The molecule has 0 spiro atoms. The number of phenols is 1. The molecule has 0 fully saturated rings. The van der Waals surface area contributed by atoms with Gasteiger partial charge in [-0.25, -0.2) is 4.98 Å². The lowest BCUT2D eigenvalue weighted by Gasteiger charge is -2.07. The third-order valence-corrected chi connectivity index (χ3v) is 3.33. The number of nitrogens with two attached hydrogens (primary N) is 1. The van der Waals surface area contributed by atoms with Crippen molar-refractivity contribution < 1.29 is 14.7 Å². The molecule has 1 aromatic heterocycles. The van der Waals surface area contributed by atoms with E-state index < -0.39 is 5.91 Å². The van der Waals surface area contributed by atoms with E-state index in [4.69, 9.17) is 5.73 Å². The van der Waals surface area contributed by atoms with Crippen LogP contribution < -0.4 is 11.1 Å². The predicted molar refractivity (Wildman–Crippen MR) is 86.3 cm³/mol. The van der Waals surface area contributed by atoms with Crippen LogP contribution >= 0.6 is 0 Å². The Morgan fingerprint density at radius 3 is 2.43 bits per heavy atom. The number of hydrogen-bond donors (Lipinski definition) is 3. The van der Waals surface area contributed by atoms with Crippen LogP contribution in [0, 0.1) is 0 Å². The Hall–Kier alpha value is -3.41. The Bertz CT molecular complexity index is 905. The van der Waals surface area contributed by atoms with E-state index in [-0.39, 0.29) is 17.4 Å². The van der Waals surface area contributed by atoms with Crippen molar-refractivity contribution in [2.45, 2.75) is 0 Å². The van der Waals surface area contributed by atoms with Crippen LogP contribution in [0.5, 0.6) is 5.75 Å². The van der Waals surface area contributed by atoms with Gasteiger partial charge in [0, 0.05) is 16.6 Å². The smallest absolute Gasteiger partial charge is 0.267 e. The van der Waals surface area contributed by atoms with Gasteiger partial charge in [-0.3, -0.25) is 9.59 Å². The highest BCUT2D eigenvalue weighted by Gasteiger charge is 2.09. The maximum absolute atomic E-state index is 12.2. The van der Waals surface area contributed by atoms with Crippen molar-refractivity contribution in [1.82, 2.24) is 4.98 Å². The van der Waals surface area contributed by atoms with Gasteiger partial charge in [-0.2, -0.15) is 0 Å². The summed E-state index contributed by atoms with van der Waals surface area (Å²) < 4.78 is 0. The molecule has 4 N–H and O–H groups in total. The molecule has 0 unspecified atom stereocenters. The lowest BCUT2D eigenvalue weighted by atomic mass is 10.1. The summed E-state index contributed by atoms with van der Waals surface area (Å²) in [6.45, 7) is 0. The van der Waals surface area contributed by atoms with Gasteiger partial charge in [-0.05, 0) is 48.5 Å². The summed E-state index contributed by atoms with van der Waals surface area (Å²) >= 11 is 0. The maximum Gasteiger partial charge on any atom is 0.267 e. The van der Waals surface area contributed by atoms with Gasteiger partial charge in [0.15, 0.2) is 0 Å². The van der Waals surface area contributed by atoms with Gasteiger partial charge in [0.05, 0.1) is 5.52 Å². The Morgan fingerprint density at radius 2 is 1.74 bits per heavy atom. The molecular formula is C17H13N3O3. The topological polar surface area (TPSA) is 105 Å². The van der Waals surface area contributed by atoms with Crippen LogP contribution in [0.4, 0.5) is 5.69 Å². The molecule has 6 heteroatoms. The van der Waals surface area contributed by atoms with E-state index in [1.54, 1.807) is 36.4 Å². The van der Waals surface area contributed by atoms with Crippen molar-refractivity contribution in [2.75, 3.05) is 5.32 Å². The summed E-state index contributed by atoms with van der Waals surface area (Å²) in [5.74, 6) is -0.748. The molecule has 0 saturated carbocycles. The largest absolute Gasteiger partial charge is 0.508 e. The van der Waals surface area contributed by atoms with Crippen molar-refractivity contribution in [3.05, 3.63) is 65.9 Å². The van der Waals surface area contributed by atoms with E-state index >= 15 is 0 Å². The molecule has 114 valence electrons. The fraction of sp³-hybridized carbons (Fsp3) is 0. The van der Waals surface area contributed by atoms with Crippen LogP contribution in [0.2, 0.25) is 0 Å². The first-order valence-corrected chi connectivity index (χ1v) is 6.84. The number of anilines is 1. The molecule has 0 aliphatic carbocycles. The highest BCUT2D eigenvalue weighted by atomic mass is 16.3. The van der Waals surface area contributed by atoms with E-state index in [2.05, 4.69) is 10.3 Å². The summed E-state index contributed by atoms with van der Waals surface area (Å²) in [6, 6.07) is 14.4. The second-order valence-corrected chi connectivity index (χ2v) is 4.97. The lowest BCUT2D eigenvalue weighted by molar-refractivity contribution is 0.0993. The number of pyridine rings is 1. The third kappa shape index (κ3) is 3.11. The number of carbonyl (C=O) groups is 2. The fourth-order valence-electron chi connectivity index (χ4n) is 2.15. The van der Waals surface area contributed by atoms with E-state index in [1.807, 2.05) is 0 Å². The van der Waals surface area contributed by atoms with Crippen LogP contribution in [-0.4, -0.2) is 21.9 Å². The minimum atomic E-state index is -0.596. The number of rotatable bonds is 3. The molecule has 1 heterocycles. The number of aromatic nitrogens is 1. The quantitative estimate of drug-likeness (QED) is 0.645. The van der Waals surface area contributed by atoms with E-state index in [1.165, 1.54) is 18.2 Å². The van der Waals surface area contributed by atoms with Crippen LogP contribution in [0.15, 0.2) is 54.6 Å². The fourth-order valence-corrected chi connectivity index (χ4v) is 2.15. The second-order valence-electron chi connectivity index (χ2n) is 4.97. The number of carbonyl (C=O) groups excluding carboxylic acids is 2. The maximum atomic E-state index is 12.2. The van der Waals surface area contributed by atoms with Gasteiger partial charge in [0.2, 0.25) is 0 Å². The molecule has 0 atom stereocenters. The van der Waals surface area contributed by atoms with Crippen molar-refractivity contribution >= 4 is 28.4 Å². The average Bonchev–Trinajstić information content (AvgIpc) is 2.55. The van der Waals surface area contributed by atoms with Crippen molar-refractivity contribution in [3.8, 4) is 5.75 Å². The number of phenolic OH excluding ortho intramolecular Hbond substituents is 1. The molecule has 6 nitrogen and oxygen atoms in total. The first kappa shape index (κ1) is 14.5. The molecule has 3 rings (SSSR count). The van der Waals surface area contributed by atoms with Crippen LogP contribution in [0.3, 0.4) is 0 Å². The van der Waals surface area contributed by atoms with Crippen molar-refractivity contribution in [1.29, 1.82) is 0 Å². The van der Waals surface area contributed by atoms with Crippen molar-refractivity contribution in [2.24, 2.45) is 5.73 Å². The first-order valence-electron chi connectivity index (χ1n) is 6.84. The molecule has 0 radical (unpaired) electrons. The zero-order valence-corrected chi connectivity index (χ0v) is 12.0. The highest BCUT2D eigenvalue weighted by Crippen LogP contribution is 2.18. The third-order valence-electron chi connectivity index (χ3n) is 3.33. The second kappa shape index (κ2) is 5.76. The Labute approximate surface area is 131 Å². The first-order chi connectivity index (χ1) is 11.0. The SMILES string of the molecule is NC(=O)c1ccc2cc(C(=O)Nc3ccc(O)cc3)ccc2n1. The van der Waals surface area contributed by atoms with E-state index in [0.717, 1.165) is 5.39 Å². The molecule has 0 saturated heterocycles. The normalized spacial score (nSPS) is 10.4. The van der Waals surface area contributed by atoms with Gasteiger partial charge in [-0.1, -0.05) is 6.07 Å². The molecule has 0 aliphatic heterocycles. The van der Waals surface area contributed by atoms with Crippen LogP contribution in [0.1, 0.15) is 20.8 Å². The van der Waals surface area contributed by atoms with Gasteiger partial charge in [-0.15, -0.1) is 0 Å². The zero-order valence-electron chi connectivity index (χ0n) is 12.0. The number of hydrogen-bond acceptors (Lipinski definition) is 4. The number of nitrogens with one attached hydrogen (secondary N) is 1. The molecule has 2 amide bonds. The number of fused-ring (bicyclic) bond motifs is 1. The molecular weight excluding hydrogens is 294 g/mol. The average molecular weight is 307 g/mol. The van der Waals surface area contributed by atoms with Gasteiger partial charge < -0.3 is 16.2 Å². The monoisotopic (exact) mass is 307 g/mol. The van der Waals surface area contributed by atoms with Crippen LogP contribution in [0.25, 0.3) is 10.9 Å². The zero-order chi connectivity index (χ0) is 16.4. The molecule has 2 aromatic carbocycles. The number of aromatic hydroxyl groups is 1. The Morgan fingerprint density at radius 1 is 1.00 bits per heavy atom. The minimum absolute atomic E-state index is 0.130. The molecule has 3 aromatic rings. The highest BCUT2D eigenvalue weighted by molar-refractivity contribution is 6.06. The summed E-state index contributed by atoms with van der Waals surface area (Å²) in [7, 11) is 0. The Balaban J connectivity index is 1.87. The number of primary amides is 1. The Kier molecular flexibility index (Phi) is 3.64. The summed E-state index contributed by atoms with van der Waals surface area (Å²) in [4.78, 5) is 27.5. The standard InChI is InChI=1S/C17H13N3O3/c18-16(22)15-8-1-10-9-11(2-7-14(10)20-15)17(23)19-12-3-5-13(21)6-4-12/h1-9,21H,(H2,18,22)(H,19,23). The van der Waals surface area contributed by atoms with E-state index in [0.29, 0.717) is 16.8 Å². The lowest BCUT2D eigenvalue weighted by Crippen LogP contribution is -2.13. The number of amides is 2. The summed E-state index contributed by atoms with van der Waals surface area (Å²) in [5.41, 5.74) is 7.00. The van der Waals surface area contributed by atoms with E-state index in [9.17, 15) is 14.7 Å². The predicted octanol–water partition coefficient (Wildman–Crippen LogP) is 2.29. The van der Waals surface area contributed by atoms with Crippen LogP contribution in [-0.2, 0) is 0 Å². The van der Waals surface area contributed by atoms with Gasteiger partial charge >= 0.3 is 0 Å².